The number of allylic oxidation sites excluding steroid dienone is 1. The number of ether oxygens (including phenoxy) is 2. The first-order valence-corrected chi connectivity index (χ1v) is 17.4. The van der Waals surface area contributed by atoms with Crippen LogP contribution in [-0.4, -0.2) is 109 Å². The summed E-state index contributed by atoms with van der Waals surface area (Å²) in [5.74, 6) is -0.835. The van der Waals surface area contributed by atoms with Gasteiger partial charge in [-0.15, -0.1) is 0 Å². The van der Waals surface area contributed by atoms with Gasteiger partial charge in [0.1, 0.15) is 24.4 Å². The molecule has 0 bridgehead atoms. The van der Waals surface area contributed by atoms with E-state index in [4.69, 9.17) is 9.47 Å². The average molecular weight is 653 g/mol. The molecule has 262 valence electrons. The van der Waals surface area contributed by atoms with Gasteiger partial charge in [-0.3, -0.25) is 4.79 Å². The van der Waals surface area contributed by atoms with Crippen LogP contribution >= 0.6 is 0 Å². The van der Waals surface area contributed by atoms with E-state index < -0.39 is 71.7 Å². The Bertz CT molecular complexity index is 1200. The third-order valence-electron chi connectivity index (χ3n) is 14.9. The maximum absolute atomic E-state index is 14.4. The van der Waals surface area contributed by atoms with Crippen molar-refractivity contribution in [3.8, 4) is 0 Å². The number of fused-ring (bicyclic) bond motifs is 7. The topological polar surface area (TPSA) is 197 Å². The standard InChI is InChI=1S/C35H56O11/c1-18-9-12-34(30(43)46-29-27(42)26(41)25(40)22(15-36)45-29)14-13-31(2)19-7-8-23-32(3,11-10-24(39)35(23,16-37)17-38)20(19)5-6-21(31)28(34)33(18,4)44/h6,18-20,22-29,36-42,44H,5,7-17H2,1-4H3/t18-,19+,20+,22-,23-,24-,25-,26+,27-,28-,29+,31+,32-,33-,34+/m1/s1. The molecule has 0 amide bonds. The Morgan fingerprint density at radius 3 is 2.24 bits per heavy atom. The summed E-state index contributed by atoms with van der Waals surface area (Å²) < 4.78 is 11.4. The number of aliphatic hydroxyl groups is 8. The van der Waals surface area contributed by atoms with Crippen LogP contribution in [0.5, 0.6) is 0 Å². The first kappa shape index (κ1) is 34.7. The van der Waals surface area contributed by atoms with E-state index >= 15 is 0 Å². The molecule has 0 spiro atoms. The van der Waals surface area contributed by atoms with E-state index in [1.807, 2.05) is 13.8 Å². The fraction of sp³-hybridized carbons (Fsp3) is 0.914. The largest absolute Gasteiger partial charge is 0.432 e. The molecule has 5 aliphatic carbocycles. The van der Waals surface area contributed by atoms with Crippen LogP contribution in [0.25, 0.3) is 0 Å². The Morgan fingerprint density at radius 2 is 1.59 bits per heavy atom. The van der Waals surface area contributed by atoms with E-state index in [0.717, 1.165) is 31.3 Å². The van der Waals surface area contributed by atoms with Gasteiger partial charge < -0.3 is 50.3 Å². The van der Waals surface area contributed by atoms with E-state index in [9.17, 15) is 45.6 Å². The highest BCUT2D eigenvalue weighted by Gasteiger charge is 2.69. The van der Waals surface area contributed by atoms with Gasteiger partial charge in [-0.1, -0.05) is 32.4 Å². The third-order valence-corrected chi connectivity index (χ3v) is 14.9. The minimum Gasteiger partial charge on any atom is -0.432 e. The van der Waals surface area contributed by atoms with E-state index in [2.05, 4.69) is 19.9 Å². The average Bonchev–Trinajstić information content (AvgIpc) is 3.03. The zero-order chi connectivity index (χ0) is 33.6. The predicted molar refractivity (Wildman–Crippen MR) is 165 cm³/mol. The van der Waals surface area contributed by atoms with E-state index in [0.29, 0.717) is 32.1 Å². The maximum Gasteiger partial charge on any atom is 0.315 e. The summed E-state index contributed by atoms with van der Waals surface area (Å²) >= 11 is 0. The molecule has 6 aliphatic rings. The Kier molecular flexibility index (Phi) is 8.85. The van der Waals surface area contributed by atoms with Crippen LogP contribution in [0.3, 0.4) is 0 Å². The molecule has 6 rings (SSSR count). The number of rotatable bonds is 5. The fourth-order valence-corrected chi connectivity index (χ4v) is 11.9. The predicted octanol–water partition coefficient (Wildman–Crippen LogP) is 1.02. The van der Waals surface area contributed by atoms with Crippen LogP contribution in [0, 0.1) is 51.2 Å². The lowest BCUT2D eigenvalue weighted by Gasteiger charge is -2.68. The van der Waals surface area contributed by atoms with Gasteiger partial charge >= 0.3 is 5.97 Å². The molecule has 1 saturated heterocycles. The summed E-state index contributed by atoms with van der Waals surface area (Å²) in [4.78, 5) is 14.4. The second-order valence-electron chi connectivity index (χ2n) is 16.6. The SMILES string of the molecule is C[C@@H]1CC[C@]2(C(=O)O[C@@H]3O[C@H](CO)[C@@H](O)[C@H](O)[C@H]3O)CC[C@]3(C)C(=CC[C@H]4[C@@H]3CC[C@H]3C(CO)(CO)[C@H](O)CC[C@]43C)[C@@H]2[C@]1(C)O. The van der Waals surface area contributed by atoms with Gasteiger partial charge in [0.15, 0.2) is 0 Å². The molecule has 0 radical (unpaired) electrons. The lowest BCUT2D eigenvalue weighted by Crippen LogP contribution is -2.67. The van der Waals surface area contributed by atoms with Crippen molar-refractivity contribution in [1.82, 2.24) is 0 Å². The van der Waals surface area contributed by atoms with Gasteiger partial charge in [0.2, 0.25) is 6.29 Å². The maximum atomic E-state index is 14.4. The van der Waals surface area contributed by atoms with E-state index in [1.54, 1.807) is 0 Å². The van der Waals surface area contributed by atoms with Crippen LogP contribution in [-0.2, 0) is 14.3 Å². The van der Waals surface area contributed by atoms with Crippen molar-refractivity contribution in [3.05, 3.63) is 11.6 Å². The summed E-state index contributed by atoms with van der Waals surface area (Å²) in [5, 5.41) is 85.3. The normalized spacial score (nSPS) is 53.1. The number of esters is 1. The molecule has 8 N–H and O–H groups in total. The highest BCUT2D eigenvalue weighted by Crippen LogP contribution is 2.72. The van der Waals surface area contributed by atoms with Crippen molar-refractivity contribution in [2.75, 3.05) is 19.8 Å². The minimum absolute atomic E-state index is 0.0347. The molecule has 46 heavy (non-hydrogen) atoms. The van der Waals surface area contributed by atoms with Crippen molar-refractivity contribution >= 4 is 5.97 Å². The molecule has 0 aromatic rings. The third kappa shape index (κ3) is 4.59. The number of carbonyl (C=O) groups is 1. The van der Waals surface area contributed by atoms with Crippen LogP contribution in [0.2, 0.25) is 0 Å². The Labute approximate surface area is 271 Å². The Hall–Kier alpha value is -1.15. The lowest BCUT2D eigenvalue weighted by molar-refractivity contribution is -0.299. The van der Waals surface area contributed by atoms with Gasteiger partial charge in [-0.2, -0.15) is 0 Å². The van der Waals surface area contributed by atoms with Crippen LogP contribution in [0.1, 0.15) is 85.5 Å². The Morgan fingerprint density at radius 1 is 0.891 bits per heavy atom. The van der Waals surface area contributed by atoms with E-state index in [-0.39, 0.29) is 47.7 Å². The number of aliphatic hydroxyl groups excluding tert-OH is 7. The van der Waals surface area contributed by atoms with Crippen molar-refractivity contribution < 1.29 is 55.1 Å². The summed E-state index contributed by atoms with van der Waals surface area (Å²) in [6.07, 6.45) is -0.417. The molecule has 0 aromatic heterocycles. The second kappa shape index (κ2) is 11.7. The molecular formula is C35H56O11. The summed E-state index contributed by atoms with van der Waals surface area (Å²) in [5.41, 5.74) is -2.76. The number of hydrogen-bond donors (Lipinski definition) is 8. The minimum atomic E-state index is -1.71. The Balaban J connectivity index is 1.36. The molecule has 15 atom stereocenters. The molecular weight excluding hydrogens is 596 g/mol. The summed E-state index contributed by atoms with van der Waals surface area (Å²) in [6.45, 7) is 7.20. The number of carbonyl (C=O) groups excluding carboxylic acids is 1. The molecule has 4 saturated carbocycles. The lowest BCUT2D eigenvalue weighted by atomic mass is 9.37. The van der Waals surface area contributed by atoms with Gasteiger partial charge in [0.05, 0.1) is 36.9 Å². The van der Waals surface area contributed by atoms with Crippen LogP contribution in [0.4, 0.5) is 0 Å². The van der Waals surface area contributed by atoms with Gasteiger partial charge in [-0.25, -0.2) is 0 Å². The monoisotopic (exact) mass is 652 g/mol. The number of hydrogen-bond acceptors (Lipinski definition) is 11. The zero-order valence-corrected chi connectivity index (χ0v) is 27.7. The molecule has 0 unspecified atom stereocenters. The highest BCUT2D eigenvalue weighted by molar-refractivity contribution is 5.79. The molecule has 11 heteroatoms. The quantitative estimate of drug-likeness (QED) is 0.156. The first-order valence-electron chi connectivity index (χ1n) is 17.4. The zero-order valence-electron chi connectivity index (χ0n) is 27.7. The molecule has 11 nitrogen and oxygen atoms in total. The summed E-state index contributed by atoms with van der Waals surface area (Å²) in [7, 11) is 0. The highest BCUT2D eigenvalue weighted by atomic mass is 16.7. The van der Waals surface area contributed by atoms with Crippen LogP contribution in [0.15, 0.2) is 11.6 Å². The van der Waals surface area contributed by atoms with E-state index in [1.165, 1.54) is 0 Å². The fourth-order valence-electron chi connectivity index (χ4n) is 11.9. The molecule has 1 aliphatic heterocycles. The van der Waals surface area contributed by atoms with Gasteiger partial charge in [-0.05, 0) is 99.2 Å². The summed E-state index contributed by atoms with van der Waals surface area (Å²) in [6, 6.07) is 0. The van der Waals surface area contributed by atoms with Gasteiger partial charge in [0.25, 0.3) is 0 Å². The van der Waals surface area contributed by atoms with Crippen LogP contribution < -0.4 is 0 Å². The van der Waals surface area contributed by atoms with Gasteiger partial charge in [0, 0.05) is 11.3 Å². The van der Waals surface area contributed by atoms with Crippen molar-refractivity contribution in [2.45, 2.75) is 128 Å². The van der Waals surface area contributed by atoms with Crippen molar-refractivity contribution in [1.29, 1.82) is 0 Å². The smallest absolute Gasteiger partial charge is 0.315 e. The second-order valence-corrected chi connectivity index (χ2v) is 16.6. The van der Waals surface area contributed by atoms with Crippen molar-refractivity contribution in [3.63, 3.8) is 0 Å². The first-order chi connectivity index (χ1) is 21.6. The molecule has 0 aromatic carbocycles. The van der Waals surface area contributed by atoms with Crippen molar-refractivity contribution in [2.24, 2.45) is 51.2 Å². The molecule has 1 heterocycles. The molecule has 5 fully saturated rings.